The Bertz CT molecular complexity index is 757. The van der Waals surface area contributed by atoms with E-state index in [9.17, 15) is 0 Å². The Morgan fingerprint density at radius 1 is 0.867 bits per heavy atom. The molecule has 0 atom stereocenters. The highest BCUT2D eigenvalue weighted by atomic mass is 14.7. The minimum atomic E-state index is -2.18. The Morgan fingerprint density at radius 2 is 1.40 bits per heavy atom. The first-order valence-corrected chi connectivity index (χ1v) is 4.73. The minimum absolute atomic E-state index is 0.246. The van der Waals surface area contributed by atoms with Crippen LogP contribution in [-0.2, 0) is 0 Å². The maximum absolute atomic E-state index is 7.48. The molecule has 1 nitrogen and oxygen atoms in total. The lowest BCUT2D eigenvalue weighted by Gasteiger charge is -1.94. The second-order valence-corrected chi connectivity index (χ2v) is 3.65. The molecule has 3 rings (SSSR count). The van der Waals surface area contributed by atoms with Crippen LogP contribution in [0.2, 0.25) is 0 Å². The number of hydrogen-bond acceptors (Lipinski definition) is 0. The molecule has 0 spiro atoms. The van der Waals surface area contributed by atoms with E-state index in [2.05, 4.69) is 4.98 Å². The second-order valence-electron chi connectivity index (χ2n) is 3.65. The predicted molar refractivity (Wildman–Crippen MR) is 65.3 cm³/mol. The van der Waals surface area contributed by atoms with Crippen LogP contribution in [-0.4, -0.2) is 4.98 Å². The Morgan fingerprint density at radius 3 is 1.87 bits per heavy atom. The van der Waals surface area contributed by atoms with Gasteiger partial charge in [0, 0.05) is 30.0 Å². The third-order valence-corrected chi connectivity index (χ3v) is 2.60. The van der Waals surface area contributed by atoms with E-state index in [1.165, 1.54) is 0 Å². The van der Waals surface area contributed by atoms with Crippen molar-refractivity contribution >= 4 is 21.8 Å². The molecule has 0 saturated carbocycles. The third kappa shape index (κ3) is 1.23. The summed E-state index contributed by atoms with van der Waals surface area (Å²) in [4.78, 5) is 3.17. The maximum atomic E-state index is 7.48. The third-order valence-electron chi connectivity index (χ3n) is 2.60. The zero-order valence-corrected chi connectivity index (χ0v) is 7.96. The van der Waals surface area contributed by atoms with E-state index < -0.39 is 13.7 Å². The Balaban J connectivity index is 2.31. The van der Waals surface area contributed by atoms with E-state index in [0.717, 1.165) is 21.8 Å². The SMILES string of the molecule is [2H]C([2H])([2H])c1ccc2[nH]c3ccc(C([2H])([2H])[2H])cc3c2c1. The van der Waals surface area contributed by atoms with Crippen molar-refractivity contribution in [3.63, 3.8) is 0 Å². The summed E-state index contributed by atoms with van der Waals surface area (Å²) in [6.45, 7) is -4.36. The van der Waals surface area contributed by atoms with Crippen LogP contribution in [0.5, 0.6) is 0 Å². The van der Waals surface area contributed by atoms with Crippen LogP contribution >= 0.6 is 0 Å². The van der Waals surface area contributed by atoms with E-state index in [1.807, 2.05) is 0 Å². The molecule has 0 amide bonds. The van der Waals surface area contributed by atoms with E-state index in [-0.39, 0.29) is 11.1 Å². The van der Waals surface area contributed by atoms with Gasteiger partial charge in [-0.2, -0.15) is 0 Å². The molecule has 1 aromatic heterocycles. The number of aryl methyl sites for hydroxylation is 2. The van der Waals surface area contributed by atoms with Crippen molar-refractivity contribution in [3.8, 4) is 0 Å². The molecular weight excluding hydrogens is 182 g/mol. The van der Waals surface area contributed by atoms with E-state index >= 15 is 0 Å². The number of aromatic amines is 1. The molecule has 1 heteroatoms. The van der Waals surface area contributed by atoms with Crippen molar-refractivity contribution in [2.24, 2.45) is 0 Å². The van der Waals surface area contributed by atoms with Crippen molar-refractivity contribution in [1.82, 2.24) is 4.98 Å². The quantitative estimate of drug-likeness (QED) is 0.567. The first-order chi connectivity index (χ1) is 9.66. The van der Waals surface area contributed by atoms with Gasteiger partial charge in [0.2, 0.25) is 0 Å². The van der Waals surface area contributed by atoms with Gasteiger partial charge >= 0.3 is 0 Å². The smallest absolute Gasteiger partial charge is 0.0465 e. The van der Waals surface area contributed by atoms with Crippen LogP contribution < -0.4 is 0 Å². The highest BCUT2D eigenvalue weighted by Gasteiger charge is 2.03. The largest absolute Gasteiger partial charge is 0.355 e. The van der Waals surface area contributed by atoms with Gasteiger partial charge in [0.1, 0.15) is 0 Å². The van der Waals surface area contributed by atoms with Crippen LogP contribution in [0.25, 0.3) is 21.8 Å². The highest BCUT2D eigenvalue weighted by Crippen LogP contribution is 2.26. The maximum Gasteiger partial charge on any atom is 0.0465 e. The fourth-order valence-electron chi connectivity index (χ4n) is 1.90. The molecule has 0 aliphatic heterocycles. The van der Waals surface area contributed by atoms with Gasteiger partial charge in [-0.05, 0) is 38.0 Å². The summed E-state index contributed by atoms with van der Waals surface area (Å²) in [5.41, 5.74) is 2.08. The number of benzene rings is 2. The predicted octanol–water partition coefficient (Wildman–Crippen LogP) is 3.94. The van der Waals surface area contributed by atoms with Crippen LogP contribution in [0.1, 0.15) is 19.4 Å². The summed E-state index contributed by atoms with van der Waals surface area (Å²) >= 11 is 0. The average molecular weight is 201 g/mol. The van der Waals surface area contributed by atoms with Gasteiger partial charge < -0.3 is 4.98 Å². The van der Waals surface area contributed by atoms with Gasteiger partial charge in [-0.1, -0.05) is 23.3 Å². The van der Waals surface area contributed by atoms with E-state index in [0.29, 0.717) is 0 Å². The van der Waals surface area contributed by atoms with Crippen molar-refractivity contribution in [2.45, 2.75) is 13.7 Å². The van der Waals surface area contributed by atoms with Crippen LogP contribution in [0.3, 0.4) is 0 Å². The number of aromatic nitrogens is 1. The first-order valence-electron chi connectivity index (χ1n) is 7.73. The Kier molecular flexibility index (Phi) is 0.839. The topological polar surface area (TPSA) is 15.8 Å². The summed E-state index contributed by atoms with van der Waals surface area (Å²) in [5, 5.41) is 1.45. The van der Waals surface area contributed by atoms with Crippen molar-refractivity contribution < 1.29 is 8.22 Å². The zero-order chi connectivity index (χ0) is 15.4. The highest BCUT2D eigenvalue weighted by molar-refractivity contribution is 6.07. The summed E-state index contributed by atoms with van der Waals surface area (Å²) in [6.07, 6.45) is 0. The molecule has 0 unspecified atom stereocenters. The molecular formula is C14H13N. The van der Waals surface area contributed by atoms with Gasteiger partial charge in [0.05, 0.1) is 0 Å². The summed E-state index contributed by atoms with van der Waals surface area (Å²) in [7, 11) is 0. The van der Waals surface area contributed by atoms with Gasteiger partial charge in [0.25, 0.3) is 0 Å². The number of hydrogen-bond donors (Lipinski definition) is 1. The monoisotopic (exact) mass is 201 g/mol. The average Bonchev–Trinajstić information content (AvgIpc) is 2.73. The van der Waals surface area contributed by atoms with Crippen molar-refractivity contribution in [3.05, 3.63) is 47.5 Å². The molecule has 2 aromatic carbocycles. The molecule has 0 aliphatic carbocycles. The van der Waals surface area contributed by atoms with E-state index in [4.69, 9.17) is 8.22 Å². The molecule has 0 aliphatic rings. The molecule has 74 valence electrons. The molecule has 1 N–H and O–H groups in total. The lowest BCUT2D eigenvalue weighted by Crippen LogP contribution is -1.72. The molecule has 3 aromatic rings. The molecule has 1 heterocycles. The lowest BCUT2D eigenvalue weighted by molar-refractivity contribution is 1.48. The minimum Gasteiger partial charge on any atom is -0.355 e. The molecule has 0 fully saturated rings. The fraction of sp³-hybridized carbons (Fsp3) is 0.143. The first kappa shape index (κ1) is 4.40. The second kappa shape index (κ2) is 2.86. The number of H-pyrrole nitrogens is 1. The van der Waals surface area contributed by atoms with Crippen molar-refractivity contribution in [2.75, 3.05) is 0 Å². The summed E-state index contributed by atoms with van der Waals surface area (Å²) < 4.78 is 44.9. The Labute approximate surface area is 97.2 Å². The Hall–Kier alpha value is -1.76. The molecule has 0 radical (unpaired) electrons. The van der Waals surface area contributed by atoms with Crippen LogP contribution in [0, 0.1) is 13.7 Å². The molecule has 0 bridgehead atoms. The van der Waals surface area contributed by atoms with Gasteiger partial charge in [-0.3, -0.25) is 0 Å². The normalized spacial score (nSPS) is 18.9. The molecule has 0 saturated heterocycles. The van der Waals surface area contributed by atoms with E-state index in [1.54, 1.807) is 36.4 Å². The standard InChI is InChI=1S/C14H13N/c1-9-3-5-13-11(7-9)12-8-10(2)4-6-14(12)15-13/h3-8,15H,1-2H3/i1D3,2D3. The van der Waals surface area contributed by atoms with Gasteiger partial charge in [-0.25, -0.2) is 0 Å². The molecule has 15 heavy (non-hydrogen) atoms. The van der Waals surface area contributed by atoms with Gasteiger partial charge in [-0.15, -0.1) is 0 Å². The number of nitrogens with one attached hydrogen (secondary N) is 1. The summed E-state index contributed by atoms with van der Waals surface area (Å²) in [5.74, 6) is 0. The number of rotatable bonds is 0. The van der Waals surface area contributed by atoms with Crippen LogP contribution in [0.15, 0.2) is 36.4 Å². The lowest BCUT2D eigenvalue weighted by atomic mass is 10.1. The van der Waals surface area contributed by atoms with Crippen LogP contribution in [0.4, 0.5) is 0 Å². The van der Waals surface area contributed by atoms with Crippen molar-refractivity contribution in [1.29, 1.82) is 0 Å². The zero-order valence-electron chi connectivity index (χ0n) is 14.0. The fourth-order valence-corrected chi connectivity index (χ4v) is 1.90. The van der Waals surface area contributed by atoms with Gasteiger partial charge in [0.15, 0.2) is 0 Å². The summed E-state index contributed by atoms with van der Waals surface area (Å²) in [6, 6.07) is 9.76. The number of fused-ring (bicyclic) bond motifs is 3.